The van der Waals surface area contributed by atoms with Crippen LogP contribution in [0, 0.1) is 18.3 Å². The van der Waals surface area contributed by atoms with Gasteiger partial charge < -0.3 is 14.1 Å². The third-order valence-corrected chi connectivity index (χ3v) is 6.02. The van der Waals surface area contributed by atoms with E-state index in [0.717, 1.165) is 27.7 Å². The van der Waals surface area contributed by atoms with E-state index in [1.165, 1.54) is 0 Å². The number of hydrogen-bond acceptors (Lipinski definition) is 5. The van der Waals surface area contributed by atoms with Gasteiger partial charge in [-0.3, -0.25) is 0 Å². The summed E-state index contributed by atoms with van der Waals surface area (Å²) < 4.78 is 11.3. The Morgan fingerprint density at radius 3 is 2.69 bits per heavy atom. The van der Waals surface area contributed by atoms with Crippen LogP contribution in [0.15, 0.2) is 83.3 Å². The first-order valence-corrected chi connectivity index (χ1v) is 11.6. The first kappa shape index (κ1) is 23.2. The lowest BCUT2D eigenvalue weighted by atomic mass is 10.1. The monoisotopic (exact) mass is 493 g/mol. The number of fused-ring (bicyclic) bond motifs is 1. The highest BCUT2D eigenvalue weighted by Crippen LogP contribution is 2.26. The first-order valence-electron chi connectivity index (χ1n) is 11.2. The molecular formula is C29H20ClN3O3. The van der Waals surface area contributed by atoms with E-state index in [4.69, 9.17) is 20.8 Å². The molecule has 0 fully saturated rings. The van der Waals surface area contributed by atoms with Crippen molar-refractivity contribution in [1.82, 2.24) is 9.97 Å². The number of H-pyrrole nitrogens is 1. The van der Waals surface area contributed by atoms with Gasteiger partial charge in [-0.25, -0.2) is 9.78 Å². The van der Waals surface area contributed by atoms with E-state index in [1.54, 1.807) is 42.5 Å². The lowest BCUT2D eigenvalue weighted by molar-refractivity contribution is 0.0473. The number of carbonyl (C=O) groups is 1. The predicted octanol–water partition coefficient (Wildman–Crippen LogP) is 7.21. The van der Waals surface area contributed by atoms with Crippen LogP contribution in [0.5, 0.6) is 0 Å². The Morgan fingerprint density at radius 1 is 1.11 bits per heavy atom. The van der Waals surface area contributed by atoms with E-state index in [-0.39, 0.29) is 6.61 Å². The first-order chi connectivity index (χ1) is 17.5. The Bertz CT molecular complexity index is 1640. The number of hydrogen-bond donors (Lipinski definition) is 1. The van der Waals surface area contributed by atoms with Gasteiger partial charge in [0.1, 0.15) is 30.0 Å². The van der Waals surface area contributed by atoms with Crippen LogP contribution >= 0.6 is 11.6 Å². The number of aryl methyl sites for hydroxylation is 1. The van der Waals surface area contributed by atoms with Crippen molar-refractivity contribution in [2.45, 2.75) is 13.5 Å². The maximum atomic E-state index is 12.4. The van der Waals surface area contributed by atoms with Gasteiger partial charge >= 0.3 is 5.97 Å². The fourth-order valence-electron chi connectivity index (χ4n) is 3.75. The second kappa shape index (κ2) is 9.95. The van der Waals surface area contributed by atoms with Gasteiger partial charge in [0, 0.05) is 22.2 Å². The van der Waals surface area contributed by atoms with Crippen LogP contribution in [0.25, 0.3) is 34.0 Å². The number of nitrogens with one attached hydrogen (secondary N) is 1. The SMILES string of the molecule is Cc1ccc2nc(/C(C#N)=C\c3ccc(-c4ccc(C(=O)OCc5ccccc5Cl)cc4)o3)[nH]c2c1. The van der Waals surface area contributed by atoms with Gasteiger partial charge in [-0.1, -0.05) is 48.0 Å². The summed E-state index contributed by atoms with van der Waals surface area (Å²) in [5, 5.41) is 10.2. The summed E-state index contributed by atoms with van der Waals surface area (Å²) in [7, 11) is 0. The van der Waals surface area contributed by atoms with Crippen molar-refractivity contribution in [3.05, 3.63) is 112 Å². The van der Waals surface area contributed by atoms with Gasteiger partial charge in [-0.05, 0) is 55.0 Å². The maximum absolute atomic E-state index is 12.4. The molecule has 0 radical (unpaired) electrons. The third kappa shape index (κ3) is 4.92. The summed E-state index contributed by atoms with van der Waals surface area (Å²) >= 11 is 6.12. The zero-order valence-electron chi connectivity index (χ0n) is 19.3. The van der Waals surface area contributed by atoms with Crippen molar-refractivity contribution in [1.29, 1.82) is 5.26 Å². The molecule has 5 aromatic rings. The number of ether oxygens (including phenoxy) is 1. The number of imidazole rings is 1. The smallest absolute Gasteiger partial charge is 0.338 e. The Hall–Kier alpha value is -4.60. The molecule has 2 aromatic heterocycles. The molecule has 0 spiro atoms. The summed E-state index contributed by atoms with van der Waals surface area (Å²) in [6.45, 7) is 2.10. The lowest BCUT2D eigenvalue weighted by Gasteiger charge is -2.07. The van der Waals surface area contributed by atoms with E-state index < -0.39 is 5.97 Å². The van der Waals surface area contributed by atoms with Gasteiger partial charge in [0.05, 0.1) is 22.2 Å². The second-order valence-electron chi connectivity index (χ2n) is 8.22. The van der Waals surface area contributed by atoms with Crippen LogP contribution in [0.2, 0.25) is 5.02 Å². The van der Waals surface area contributed by atoms with Crippen LogP contribution in [0.4, 0.5) is 0 Å². The molecule has 0 aliphatic heterocycles. The number of aromatic nitrogens is 2. The predicted molar refractivity (Wildman–Crippen MR) is 139 cm³/mol. The summed E-state index contributed by atoms with van der Waals surface area (Å²) in [5.41, 5.74) is 5.09. The third-order valence-electron chi connectivity index (χ3n) is 5.65. The minimum absolute atomic E-state index is 0.0974. The fraction of sp³-hybridized carbons (Fsp3) is 0.0690. The number of nitriles is 1. The number of aromatic amines is 1. The number of nitrogens with zero attached hydrogens (tertiary/aromatic N) is 2. The molecule has 3 aromatic carbocycles. The van der Waals surface area contributed by atoms with Gasteiger partial charge in [-0.2, -0.15) is 5.26 Å². The summed E-state index contributed by atoms with van der Waals surface area (Å²) in [4.78, 5) is 20.1. The maximum Gasteiger partial charge on any atom is 0.338 e. The van der Waals surface area contributed by atoms with Crippen molar-refractivity contribution in [2.24, 2.45) is 0 Å². The molecule has 0 atom stereocenters. The molecule has 0 saturated heterocycles. The van der Waals surface area contributed by atoms with Gasteiger partial charge in [-0.15, -0.1) is 0 Å². The van der Waals surface area contributed by atoms with Crippen LogP contribution in [-0.4, -0.2) is 15.9 Å². The number of furan rings is 1. The summed E-state index contributed by atoms with van der Waals surface area (Å²) in [6, 6.07) is 25.8. The molecule has 7 heteroatoms. The van der Waals surface area contributed by atoms with Crippen molar-refractivity contribution >= 4 is 40.3 Å². The molecule has 5 rings (SSSR count). The van der Waals surface area contributed by atoms with Gasteiger partial charge in [0.2, 0.25) is 0 Å². The molecule has 0 amide bonds. The number of rotatable bonds is 6. The van der Waals surface area contributed by atoms with Crippen molar-refractivity contribution in [3.63, 3.8) is 0 Å². The Labute approximate surface area is 212 Å². The number of benzene rings is 3. The molecule has 36 heavy (non-hydrogen) atoms. The Morgan fingerprint density at radius 2 is 1.92 bits per heavy atom. The Balaban J connectivity index is 1.30. The molecule has 2 heterocycles. The van der Waals surface area contributed by atoms with E-state index in [1.807, 2.05) is 49.4 Å². The molecule has 0 bridgehead atoms. The van der Waals surface area contributed by atoms with E-state index in [9.17, 15) is 10.1 Å². The second-order valence-corrected chi connectivity index (χ2v) is 8.63. The van der Waals surface area contributed by atoms with E-state index >= 15 is 0 Å². The van der Waals surface area contributed by atoms with Crippen LogP contribution in [-0.2, 0) is 11.3 Å². The topological polar surface area (TPSA) is 91.9 Å². The summed E-state index contributed by atoms with van der Waals surface area (Å²) in [5.74, 6) is 1.16. The van der Waals surface area contributed by atoms with Crippen LogP contribution in [0.1, 0.15) is 33.1 Å². The molecule has 0 aliphatic rings. The zero-order chi connectivity index (χ0) is 25.1. The standard InChI is InChI=1S/C29H20ClN3O3/c1-18-6-12-25-26(14-18)33-28(32-25)22(16-31)15-23-11-13-27(36-23)19-7-9-20(10-8-19)29(34)35-17-21-4-2-3-5-24(21)30/h2-15H,17H2,1H3,(H,32,33)/b22-15-. The molecule has 176 valence electrons. The molecule has 0 unspecified atom stereocenters. The highest BCUT2D eigenvalue weighted by Gasteiger charge is 2.12. The zero-order valence-corrected chi connectivity index (χ0v) is 20.0. The Kier molecular flexibility index (Phi) is 6.40. The van der Waals surface area contributed by atoms with E-state index in [0.29, 0.717) is 33.5 Å². The number of allylic oxidation sites excluding steroid dienone is 1. The lowest BCUT2D eigenvalue weighted by Crippen LogP contribution is -2.05. The van der Waals surface area contributed by atoms with Crippen molar-refractivity contribution < 1.29 is 13.9 Å². The van der Waals surface area contributed by atoms with Gasteiger partial charge in [0.25, 0.3) is 0 Å². The largest absolute Gasteiger partial charge is 0.457 e. The van der Waals surface area contributed by atoms with Crippen LogP contribution in [0.3, 0.4) is 0 Å². The molecule has 0 saturated carbocycles. The highest BCUT2D eigenvalue weighted by atomic mass is 35.5. The highest BCUT2D eigenvalue weighted by molar-refractivity contribution is 6.31. The number of esters is 1. The average molecular weight is 494 g/mol. The van der Waals surface area contributed by atoms with Crippen molar-refractivity contribution in [3.8, 4) is 17.4 Å². The number of halogens is 1. The molecule has 1 N–H and O–H groups in total. The molecular weight excluding hydrogens is 474 g/mol. The summed E-state index contributed by atoms with van der Waals surface area (Å²) in [6.07, 6.45) is 1.65. The minimum Gasteiger partial charge on any atom is -0.457 e. The van der Waals surface area contributed by atoms with Crippen LogP contribution < -0.4 is 0 Å². The molecule has 6 nitrogen and oxygen atoms in total. The average Bonchev–Trinajstić information content (AvgIpc) is 3.53. The van der Waals surface area contributed by atoms with Gasteiger partial charge in [0.15, 0.2) is 0 Å². The fourth-order valence-corrected chi connectivity index (χ4v) is 3.94. The van der Waals surface area contributed by atoms with Crippen molar-refractivity contribution in [2.75, 3.05) is 0 Å². The normalized spacial score (nSPS) is 11.4. The number of carbonyl (C=O) groups excluding carboxylic acids is 1. The van der Waals surface area contributed by atoms with E-state index in [2.05, 4.69) is 16.0 Å². The minimum atomic E-state index is -0.441. The molecule has 0 aliphatic carbocycles. The quantitative estimate of drug-likeness (QED) is 0.199.